The Hall–Kier alpha value is -1.04. The van der Waals surface area contributed by atoms with Crippen molar-refractivity contribution in [3.05, 3.63) is 17.5 Å². The van der Waals surface area contributed by atoms with Crippen molar-refractivity contribution < 1.29 is 17.9 Å². The molecule has 1 unspecified atom stereocenters. The average Bonchev–Trinajstić information content (AvgIpc) is 2.04. The quantitative estimate of drug-likeness (QED) is 0.769. The van der Waals surface area contributed by atoms with Crippen LogP contribution in [0.2, 0.25) is 5.15 Å². The van der Waals surface area contributed by atoms with E-state index in [9.17, 15) is 13.2 Å². The molecule has 3 nitrogen and oxygen atoms in total. The van der Waals surface area contributed by atoms with Gasteiger partial charge in [-0.3, -0.25) is 4.98 Å². The topological polar surface area (TPSA) is 35.0 Å². The van der Waals surface area contributed by atoms with Crippen LogP contribution in [0.25, 0.3) is 0 Å². The summed E-state index contributed by atoms with van der Waals surface area (Å²) >= 11 is 5.34. The molecular weight excluding hydrogens is 209 g/mol. The smallest absolute Gasteiger partial charge is 0.304 e. The highest BCUT2D eigenvalue weighted by atomic mass is 35.5. The average molecular weight is 213 g/mol. The van der Waals surface area contributed by atoms with E-state index in [2.05, 4.69) is 14.7 Å². The minimum atomic E-state index is -3.22. The van der Waals surface area contributed by atoms with Crippen LogP contribution >= 0.6 is 11.6 Å². The summed E-state index contributed by atoms with van der Waals surface area (Å²) in [6, 6.07) is 0. The maximum atomic E-state index is 12.3. The first-order valence-electron chi connectivity index (χ1n) is 3.16. The molecule has 0 amide bonds. The number of hydrogen-bond donors (Lipinski definition) is 0. The number of alkyl halides is 3. The zero-order chi connectivity index (χ0) is 9.84. The lowest BCUT2D eigenvalue weighted by Crippen LogP contribution is -2.20. The van der Waals surface area contributed by atoms with Crippen molar-refractivity contribution in [1.29, 1.82) is 0 Å². The zero-order valence-corrected chi connectivity index (χ0v) is 6.88. The molecule has 0 spiro atoms. The van der Waals surface area contributed by atoms with Gasteiger partial charge in [-0.05, 0) is 0 Å². The second-order valence-electron chi connectivity index (χ2n) is 1.98. The van der Waals surface area contributed by atoms with Gasteiger partial charge in [0.2, 0.25) is 5.88 Å². The minimum absolute atomic E-state index is 0.0565. The normalized spacial score (nSPS) is 13.0. The molecule has 7 heteroatoms. The van der Waals surface area contributed by atoms with Gasteiger partial charge < -0.3 is 4.74 Å². The van der Waals surface area contributed by atoms with E-state index in [4.69, 9.17) is 11.6 Å². The van der Waals surface area contributed by atoms with Gasteiger partial charge in [0, 0.05) is 0 Å². The van der Waals surface area contributed by atoms with Gasteiger partial charge in [0.25, 0.3) is 6.36 Å². The van der Waals surface area contributed by atoms with E-state index in [0.29, 0.717) is 0 Å². The van der Waals surface area contributed by atoms with Gasteiger partial charge in [-0.25, -0.2) is 8.78 Å². The molecule has 1 aromatic heterocycles. The number of rotatable bonds is 3. The van der Waals surface area contributed by atoms with Crippen molar-refractivity contribution in [3.8, 4) is 5.88 Å². The Kier molecular flexibility index (Phi) is 3.30. The van der Waals surface area contributed by atoms with Crippen molar-refractivity contribution >= 4 is 11.6 Å². The SMILES string of the molecule is FC(F)C(F)Oc1cncc(Cl)n1. The van der Waals surface area contributed by atoms with E-state index in [1.165, 1.54) is 6.20 Å². The molecule has 1 aromatic rings. The van der Waals surface area contributed by atoms with Crippen LogP contribution in [0.3, 0.4) is 0 Å². The molecule has 1 rings (SSSR count). The van der Waals surface area contributed by atoms with Crippen LogP contribution in [0, 0.1) is 0 Å². The molecule has 0 saturated carbocycles. The number of nitrogens with zero attached hydrogens (tertiary/aromatic N) is 2. The third-order valence-electron chi connectivity index (χ3n) is 1.01. The summed E-state index contributed by atoms with van der Waals surface area (Å²) in [5.41, 5.74) is 0. The van der Waals surface area contributed by atoms with Crippen LogP contribution in [0.1, 0.15) is 0 Å². The van der Waals surface area contributed by atoms with Crippen LogP contribution in [0.5, 0.6) is 5.88 Å². The van der Waals surface area contributed by atoms with Gasteiger partial charge in [-0.15, -0.1) is 0 Å². The number of ether oxygens (including phenoxy) is 1. The van der Waals surface area contributed by atoms with Crippen molar-refractivity contribution in [2.24, 2.45) is 0 Å². The Morgan fingerprint density at radius 2 is 2.00 bits per heavy atom. The highest BCUT2D eigenvalue weighted by molar-refractivity contribution is 6.29. The second kappa shape index (κ2) is 4.27. The Balaban J connectivity index is 2.64. The van der Waals surface area contributed by atoms with E-state index in [-0.39, 0.29) is 11.0 Å². The van der Waals surface area contributed by atoms with Gasteiger partial charge in [0.05, 0.1) is 12.4 Å². The van der Waals surface area contributed by atoms with Gasteiger partial charge in [-0.1, -0.05) is 11.6 Å². The van der Waals surface area contributed by atoms with Crippen LogP contribution in [0.4, 0.5) is 13.2 Å². The number of hydrogen-bond acceptors (Lipinski definition) is 3. The van der Waals surface area contributed by atoms with E-state index in [0.717, 1.165) is 6.20 Å². The molecule has 0 saturated heterocycles. The summed E-state index contributed by atoms with van der Waals surface area (Å²) in [4.78, 5) is 6.87. The van der Waals surface area contributed by atoms with Crippen molar-refractivity contribution in [2.45, 2.75) is 12.8 Å². The summed E-state index contributed by atoms with van der Waals surface area (Å²) in [6.07, 6.45) is -3.78. The molecular formula is C6H4ClF3N2O. The molecule has 0 aromatic carbocycles. The van der Waals surface area contributed by atoms with Crippen molar-refractivity contribution in [3.63, 3.8) is 0 Å². The molecule has 0 radical (unpaired) electrons. The van der Waals surface area contributed by atoms with Crippen LogP contribution in [-0.2, 0) is 0 Å². The van der Waals surface area contributed by atoms with Crippen LogP contribution < -0.4 is 4.74 Å². The van der Waals surface area contributed by atoms with Crippen LogP contribution in [0.15, 0.2) is 12.4 Å². The predicted molar refractivity (Wildman–Crippen MR) is 38.6 cm³/mol. The molecule has 72 valence electrons. The van der Waals surface area contributed by atoms with Crippen molar-refractivity contribution in [1.82, 2.24) is 9.97 Å². The lowest BCUT2D eigenvalue weighted by molar-refractivity contribution is -0.0692. The Morgan fingerprint density at radius 1 is 1.31 bits per heavy atom. The third kappa shape index (κ3) is 3.06. The fraction of sp³-hybridized carbons (Fsp3) is 0.333. The van der Waals surface area contributed by atoms with Gasteiger partial charge in [0.1, 0.15) is 0 Å². The lowest BCUT2D eigenvalue weighted by atomic mass is 10.7. The maximum absolute atomic E-state index is 12.3. The van der Waals surface area contributed by atoms with Crippen molar-refractivity contribution in [2.75, 3.05) is 0 Å². The largest absolute Gasteiger partial charge is 0.436 e. The van der Waals surface area contributed by atoms with E-state index in [1.807, 2.05) is 0 Å². The second-order valence-corrected chi connectivity index (χ2v) is 2.37. The first-order chi connectivity index (χ1) is 6.09. The molecule has 0 N–H and O–H groups in total. The lowest BCUT2D eigenvalue weighted by Gasteiger charge is -2.08. The van der Waals surface area contributed by atoms with E-state index >= 15 is 0 Å². The first kappa shape index (κ1) is 10.0. The summed E-state index contributed by atoms with van der Waals surface area (Å²) in [5.74, 6) is -0.375. The molecule has 0 fully saturated rings. The van der Waals surface area contributed by atoms with Crippen LogP contribution in [-0.4, -0.2) is 22.8 Å². The van der Waals surface area contributed by atoms with Gasteiger partial charge in [0.15, 0.2) is 5.15 Å². The molecule has 0 aliphatic carbocycles. The summed E-state index contributed by atoms with van der Waals surface area (Å²) in [5, 5.41) is -0.0565. The minimum Gasteiger partial charge on any atom is -0.436 e. The summed E-state index contributed by atoms with van der Waals surface area (Å²) < 4.78 is 39.6. The maximum Gasteiger partial charge on any atom is 0.304 e. The molecule has 1 atom stereocenters. The molecule has 0 bridgehead atoms. The Labute approximate surface area is 76.5 Å². The highest BCUT2D eigenvalue weighted by Gasteiger charge is 2.21. The molecule has 13 heavy (non-hydrogen) atoms. The summed E-state index contributed by atoms with van der Waals surface area (Å²) in [6.45, 7) is 0. The Bertz CT molecular complexity index is 286. The van der Waals surface area contributed by atoms with E-state index in [1.54, 1.807) is 0 Å². The number of aromatic nitrogens is 2. The fourth-order valence-corrected chi connectivity index (χ4v) is 0.689. The third-order valence-corrected chi connectivity index (χ3v) is 1.20. The van der Waals surface area contributed by atoms with Gasteiger partial charge in [-0.2, -0.15) is 9.37 Å². The summed E-state index contributed by atoms with van der Waals surface area (Å²) in [7, 11) is 0. The first-order valence-corrected chi connectivity index (χ1v) is 3.54. The monoisotopic (exact) mass is 212 g/mol. The standard InChI is InChI=1S/C6H4ClF3N2O/c7-3-1-11-2-4(12-3)13-6(10)5(8)9/h1-2,5-6H. The molecule has 0 aliphatic rings. The van der Waals surface area contributed by atoms with E-state index < -0.39 is 12.8 Å². The fourth-order valence-electron chi connectivity index (χ4n) is 0.549. The molecule has 0 aliphatic heterocycles. The van der Waals surface area contributed by atoms with Gasteiger partial charge >= 0.3 is 6.43 Å². The number of halogens is 4. The predicted octanol–water partition coefficient (Wildman–Crippen LogP) is 2.07. The highest BCUT2D eigenvalue weighted by Crippen LogP contribution is 2.14. The molecule has 1 heterocycles. The Morgan fingerprint density at radius 3 is 2.54 bits per heavy atom. The zero-order valence-electron chi connectivity index (χ0n) is 6.12.